The summed E-state index contributed by atoms with van der Waals surface area (Å²) >= 11 is 0. The smallest absolute Gasteiger partial charge is 0.496 e. The van der Waals surface area contributed by atoms with Crippen LogP contribution in [0.1, 0.15) is 79.4 Å². The molecule has 2 rings (SSSR count). The zero-order chi connectivity index (χ0) is 21.9. The molecule has 0 aliphatic carbocycles. The molecule has 0 spiro atoms. The molecule has 164 valence electrons. The number of hydrogen-bond donors (Lipinski definition) is 0. The Hall–Kier alpha value is -1.26. The van der Waals surface area contributed by atoms with Crippen LogP contribution < -0.4 is 33.6 Å². The van der Waals surface area contributed by atoms with Crippen LogP contribution in [0.4, 0.5) is 0 Å². The van der Waals surface area contributed by atoms with E-state index in [1.54, 1.807) is 0 Å². The predicted molar refractivity (Wildman–Crippen MR) is 128 cm³/mol. The zero-order valence-electron chi connectivity index (χ0n) is 20.2. The number of rotatable bonds is 13. The summed E-state index contributed by atoms with van der Waals surface area (Å²) in [6.45, 7) is 11.8. The largest absolute Gasteiger partial charge is 1.00 e. The molecule has 0 heterocycles. The molecule has 0 unspecified atom stereocenters. The molecule has 0 aliphatic heterocycles. The van der Waals surface area contributed by atoms with Crippen molar-refractivity contribution in [3.05, 3.63) is 52.6 Å². The van der Waals surface area contributed by atoms with Crippen LogP contribution in [0.5, 0.6) is 11.5 Å². The number of unbranched alkanes of at least 4 members (excludes halogenated alkanes) is 4. The van der Waals surface area contributed by atoms with Crippen LogP contribution in [0.25, 0.3) is 0 Å². The van der Waals surface area contributed by atoms with Crippen LogP contribution >= 0.6 is 8.58 Å². The molecule has 5 heteroatoms. The van der Waals surface area contributed by atoms with Crippen molar-refractivity contribution >= 4 is 19.4 Å². The molecule has 0 amide bonds. The number of carbonyl (C=O) groups is 1. The summed E-state index contributed by atoms with van der Waals surface area (Å²) in [5, 5.41) is 0.900. The van der Waals surface area contributed by atoms with Crippen LogP contribution in [0.15, 0.2) is 30.3 Å². The third-order valence-corrected chi connectivity index (χ3v) is 6.10. The molecular weight excluding hydrogens is 398 g/mol. The fourth-order valence-corrected chi connectivity index (χ4v) is 4.62. The van der Waals surface area contributed by atoms with Crippen LogP contribution in [-0.4, -0.2) is 18.7 Å². The summed E-state index contributed by atoms with van der Waals surface area (Å²) in [5.41, 5.74) is 4.18. The van der Waals surface area contributed by atoms with Crippen molar-refractivity contribution in [3.63, 3.8) is 0 Å². The van der Waals surface area contributed by atoms with Gasteiger partial charge in [-0.05, 0) is 56.4 Å². The maximum Gasteiger partial charge on any atom is 1.00 e. The first-order valence-electron chi connectivity index (χ1n) is 11.2. The Morgan fingerprint density at radius 3 is 2.00 bits per heavy atom. The van der Waals surface area contributed by atoms with Gasteiger partial charge in [0.1, 0.15) is 5.75 Å². The fourth-order valence-electron chi connectivity index (χ4n) is 3.55. The molecule has 0 fully saturated rings. The molecule has 0 N–H and O–H groups in total. The Labute approximate surface area is 202 Å². The van der Waals surface area contributed by atoms with Gasteiger partial charge in [0.2, 0.25) is 0 Å². The van der Waals surface area contributed by atoms with Crippen molar-refractivity contribution in [1.29, 1.82) is 0 Å². The Morgan fingerprint density at radius 1 is 0.839 bits per heavy atom. The summed E-state index contributed by atoms with van der Waals surface area (Å²) in [7, 11) is 0.639. The second kappa shape index (κ2) is 14.7. The first-order valence-corrected chi connectivity index (χ1v) is 12.1. The number of ether oxygens (including phenoxy) is 2. The first-order chi connectivity index (χ1) is 14.5. The van der Waals surface area contributed by atoms with Gasteiger partial charge in [-0.1, -0.05) is 63.3 Å². The second-order valence-corrected chi connectivity index (χ2v) is 9.04. The maximum absolute atomic E-state index is 13.1. The molecule has 2 aromatic rings. The van der Waals surface area contributed by atoms with Crippen molar-refractivity contribution in [3.8, 4) is 11.5 Å². The van der Waals surface area contributed by atoms with Crippen molar-refractivity contribution in [2.45, 2.75) is 73.1 Å². The molecule has 0 aromatic heterocycles. The van der Waals surface area contributed by atoms with Gasteiger partial charge in [-0.2, -0.15) is 5.30 Å². The summed E-state index contributed by atoms with van der Waals surface area (Å²) in [6, 6.07) is 10.0. The molecule has 2 aromatic carbocycles. The standard InChI is InChI=1S/C26H36O3P.Li/c1-6-8-10-14-28-22-12-13-24(23(18-22)29-15-11-9-7-2)30-26(27)25-20(4)16-19(3)17-21(25)5;/h12-13,16-18H,6-11,14-15H2,1-5H3;/q-1;+1. The normalized spacial score (nSPS) is 10.9. The van der Waals surface area contributed by atoms with Crippen LogP contribution in [-0.2, 0) is 0 Å². The van der Waals surface area contributed by atoms with Gasteiger partial charge in [0.25, 0.3) is 0 Å². The number of hydrogen-bond acceptors (Lipinski definition) is 3. The number of carbonyl (C=O) groups excluding carboxylic acids is 1. The molecule has 0 saturated carbocycles. The Balaban J connectivity index is 0.00000480. The summed E-state index contributed by atoms with van der Waals surface area (Å²) < 4.78 is 12.0. The van der Waals surface area contributed by atoms with Crippen molar-refractivity contribution in [2.75, 3.05) is 13.2 Å². The van der Waals surface area contributed by atoms with Crippen molar-refractivity contribution < 1.29 is 33.1 Å². The number of benzene rings is 2. The topological polar surface area (TPSA) is 35.5 Å². The Morgan fingerprint density at radius 2 is 1.42 bits per heavy atom. The molecular formula is C26H36LiO3P. The van der Waals surface area contributed by atoms with Gasteiger partial charge in [-0.25, -0.2) is 0 Å². The average molecular weight is 434 g/mol. The Bertz CT molecular complexity index is 812. The van der Waals surface area contributed by atoms with Crippen LogP contribution in [0.2, 0.25) is 0 Å². The molecule has 0 aliphatic rings. The first kappa shape index (κ1) is 27.8. The van der Waals surface area contributed by atoms with E-state index in [1.807, 2.05) is 32.0 Å². The van der Waals surface area contributed by atoms with Crippen molar-refractivity contribution in [2.24, 2.45) is 0 Å². The van der Waals surface area contributed by atoms with Gasteiger partial charge in [0.15, 0.2) is 0 Å². The molecule has 0 atom stereocenters. The van der Waals surface area contributed by atoms with Gasteiger partial charge in [-0.15, -0.1) is 0 Å². The van der Waals surface area contributed by atoms with E-state index in [4.69, 9.17) is 9.47 Å². The van der Waals surface area contributed by atoms with Gasteiger partial charge in [0, 0.05) is 11.6 Å². The number of aryl methyl sites for hydroxylation is 3. The predicted octanol–water partition coefficient (Wildman–Crippen LogP) is 4.17. The van der Waals surface area contributed by atoms with E-state index in [2.05, 4.69) is 32.9 Å². The molecule has 0 radical (unpaired) electrons. The van der Waals surface area contributed by atoms with Crippen LogP contribution in [0, 0.1) is 20.8 Å². The average Bonchev–Trinajstić information content (AvgIpc) is 2.69. The van der Waals surface area contributed by atoms with E-state index < -0.39 is 0 Å². The molecule has 31 heavy (non-hydrogen) atoms. The molecule has 3 nitrogen and oxygen atoms in total. The summed E-state index contributed by atoms with van der Waals surface area (Å²) in [4.78, 5) is 13.1. The van der Waals surface area contributed by atoms with E-state index in [9.17, 15) is 4.79 Å². The van der Waals surface area contributed by atoms with E-state index >= 15 is 0 Å². The minimum atomic E-state index is 0. The van der Waals surface area contributed by atoms with E-state index in [1.165, 1.54) is 18.4 Å². The van der Waals surface area contributed by atoms with Gasteiger partial charge in [-0.3, -0.25) is 0 Å². The van der Waals surface area contributed by atoms with E-state index in [0.29, 0.717) is 21.8 Å². The fraction of sp³-hybridized carbons (Fsp3) is 0.500. The van der Waals surface area contributed by atoms with Gasteiger partial charge in [0.05, 0.1) is 19.0 Å². The zero-order valence-corrected chi connectivity index (χ0v) is 21.1. The third kappa shape index (κ3) is 9.02. The van der Waals surface area contributed by atoms with Gasteiger partial charge >= 0.3 is 18.9 Å². The molecule has 0 saturated heterocycles. The maximum atomic E-state index is 13.1. The minimum absolute atomic E-state index is 0. The van der Waals surface area contributed by atoms with Gasteiger partial charge < -0.3 is 22.8 Å². The van der Waals surface area contributed by atoms with Crippen molar-refractivity contribution in [1.82, 2.24) is 0 Å². The molecule has 0 bridgehead atoms. The third-order valence-electron chi connectivity index (χ3n) is 5.07. The minimum Gasteiger partial charge on any atom is -0.496 e. The second-order valence-electron chi connectivity index (χ2n) is 7.93. The monoisotopic (exact) mass is 434 g/mol. The van der Waals surface area contributed by atoms with E-state index in [-0.39, 0.29) is 24.4 Å². The van der Waals surface area contributed by atoms with E-state index in [0.717, 1.165) is 59.2 Å². The summed E-state index contributed by atoms with van der Waals surface area (Å²) in [6.07, 6.45) is 6.69. The van der Waals surface area contributed by atoms with Crippen LogP contribution in [0.3, 0.4) is 0 Å². The summed E-state index contributed by atoms with van der Waals surface area (Å²) in [5.74, 6) is 1.57. The SMILES string of the molecule is CCCCCOc1ccc([P-]C(=O)c2c(C)cc(C)cc2C)c(OCCCCC)c1.[Li+]. The quantitative estimate of drug-likeness (QED) is 0.270. The Kier molecular flexibility index (Phi) is 13.2.